The minimum Gasteiger partial charge on any atom is -0.482 e. The lowest BCUT2D eigenvalue weighted by Crippen LogP contribution is -2.27. The summed E-state index contributed by atoms with van der Waals surface area (Å²) >= 11 is 0. The summed E-state index contributed by atoms with van der Waals surface area (Å²) in [5.41, 5.74) is 2.35. The predicted molar refractivity (Wildman–Crippen MR) is 119 cm³/mol. The van der Waals surface area contributed by atoms with Gasteiger partial charge in [0.15, 0.2) is 6.61 Å². The van der Waals surface area contributed by atoms with Gasteiger partial charge >= 0.3 is 11.9 Å². The molecule has 0 saturated heterocycles. The number of hydrogen-bond acceptors (Lipinski definition) is 5. The van der Waals surface area contributed by atoms with Crippen molar-refractivity contribution < 1.29 is 23.8 Å². The predicted octanol–water partition coefficient (Wildman–Crippen LogP) is 5.43. The van der Waals surface area contributed by atoms with E-state index in [0.29, 0.717) is 11.3 Å². The molecule has 3 rings (SSSR count). The number of carbonyl (C=O) groups is 2. The Morgan fingerprint density at radius 2 is 1.45 bits per heavy atom. The molecule has 0 saturated carbocycles. The first-order valence-corrected chi connectivity index (χ1v) is 10.1. The third-order valence-electron chi connectivity index (χ3n) is 4.24. The van der Waals surface area contributed by atoms with Crippen molar-refractivity contribution in [3.63, 3.8) is 0 Å². The molecule has 0 unspecified atom stereocenters. The van der Waals surface area contributed by atoms with Crippen LogP contribution in [0.5, 0.6) is 5.75 Å². The molecule has 0 aliphatic heterocycles. The lowest BCUT2D eigenvalue weighted by molar-refractivity contribution is -0.157. The molecule has 0 aliphatic carbocycles. The van der Waals surface area contributed by atoms with Crippen LogP contribution in [0.2, 0.25) is 0 Å². The monoisotopic (exact) mass is 418 g/mol. The van der Waals surface area contributed by atoms with E-state index in [9.17, 15) is 9.59 Å². The van der Waals surface area contributed by atoms with Crippen LogP contribution in [-0.2, 0) is 20.9 Å². The van der Waals surface area contributed by atoms with Crippen LogP contribution in [0.4, 0.5) is 0 Å². The molecule has 0 aliphatic rings. The lowest BCUT2D eigenvalue weighted by atomic mass is 10.0. The van der Waals surface area contributed by atoms with Crippen LogP contribution in [0, 0.1) is 0 Å². The Labute approximate surface area is 182 Å². The van der Waals surface area contributed by atoms with E-state index in [1.165, 1.54) is 0 Å². The minimum atomic E-state index is -0.598. The summed E-state index contributed by atoms with van der Waals surface area (Å²) in [4.78, 5) is 24.7. The van der Waals surface area contributed by atoms with Crippen LogP contribution >= 0.6 is 0 Å². The van der Waals surface area contributed by atoms with Gasteiger partial charge in [0.05, 0.1) is 5.56 Å². The van der Waals surface area contributed by atoms with Gasteiger partial charge in [0.25, 0.3) is 0 Å². The van der Waals surface area contributed by atoms with Crippen molar-refractivity contribution in [1.82, 2.24) is 0 Å². The number of ether oxygens (including phenoxy) is 3. The van der Waals surface area contributed by atoms with E-state index in [0.717, 1.165) is 16.7 Å². The van der Waals surface area contributed by atoms with Crippen LogP contribution < -0.4 is 4.74 Å². The molecule has 0 fully saturated rings. The third kappa shape index (κ3) is 7.00. The van der Waals surface area contributed by atoms with E-state index >= 15 is 0 Å². The van der Waals surface area contributed by atoms with Crippen molar-refractivity contribution >= 4 is 11.9 Å². The lowest BCUT2D eigenvalue weighted by Gasteiger charge is -2.19. The standard InChI is InChI=1S/C26H26O5/c1-26(2,3)31-24(27)18-29-23-15-21(20-12-8-5-9-13-20)14-22(16-23)25(28)30-17-19-10-6-4-7-11-19/h4-16H,17-18H2,1-3H3. The van der Waals surface area contributed by atoms with Gasteiger partial charge in [-0.25, -0.2) is 9.59 Å². The molecule has 31 heavy (non-hydrogen) atoms. The maximum atomic E-state index is 12.7. The van der Waals surface area contributed by atoms with Crippen molar-refractivity contribution in [1.29, 1.82) is 0 Å². The maximum absolute atomic E-state index is 12.7. The number of carbonyl (C=O) groups excluding carboxylic acids is 2. The molecule has 3 aromatic carbocycles. The molecule has 0 bridgehead atoms. The summed E-state index contributed by atoms with van der Waals surface area (Å²) in [6, 6.07) is 24.2. The van der Waals surface area contributed by atoms with Gasteiger partial charge in [0.1, 0.15) is 18.0 Å². The molecule has 0 spiro atoms. The fourth-order valence-electron chi connectivity index (χ4n) is 2.92. The molecule has 160 valence electrons. The van der Waals surface area contributed by atoms with Crippen LogP contribution in [0.3, 0.4) is 0 Å². The summed E-state index contributed by atoms with van der Waals surface area (Å²) < 4.78 is 16.4. The van der Waals surface area contributed by atoms with Crippen molar-refractivity contribution in [2.75, 3.05) is 6.61 Å². The molecular weight excluding hydrogens is 392 g/mol. The normalized spacial score (nSPS) is 10.9. The molecule has 0 N–H and O–H groups in total. The molecule has 0 amide bonds. The Balaban J connectivity index is 1.79. The Bertz CT molecular complexity index is 1020. The first kappa shape index (κ1) is 22.1. The summed E-state index contributed by atoms with van der Waals surface area (Å²) in [5, 5.41) is 0. The van der Waals surface area contributed by atoms with Crippen LogP contribution in [0.1, 0.15) is 36.7 Å². The molecule has 0 atom stereocenters. The maximum Gasteiger partial charge on any atom is 0.344 e. The van der Waals surface area contributed by atoms with Gasteiger partial charge in [-0.1, -0.05) is 60.7 Å². The van der Waals surface area contributed by atoms with Crippen LogP contribution in [-0.4, -0.2) is 24.1 Å². The van der Waals surface area contributed by atoms with Crippen molar-refractivity contribution in [3.05, 3.63) is 90.0 Å². The van der Waals surface area contributed by atoms with Gasteiger partial charge in [0.2, 0.25) is 0 Å². The largest absolute Gasteiger partial charge is 0.482 e. The van der Waals surface area contributed by atoms with E-state index in [1.54, 1.807) is 39.0 Å². The number of rotatable bonds is 7. The van der Waals surface area contributed by atoms with E-state index < -0.39 is 17.5 Å². The molecule has 5 heteroatoms. The van der Waals surface area contributed by atoms with Gasteiger partial charge in [-0.3, -0.25) is 0 Å². The summed E-state index contributed by atoms with van der Waals surface area (Å²) in [6.07, 6.45) is 0. The molecular formula is C26H26O5. The average Bonchev–Trinajstić information content (AvgIpc) is 2.76. The highest BCUT2D eigenvalue weighted by Crippen LogP contribution is 2.27. The van der Waals surface area contributed by atoms with Crippen LogP contribution in [0.15, 0.2) is 78.9 Å². The van der Waals surface area contributed by atoms with Gasteiger partial charge < -0.3 is 14.2 Å². The first-order valence-electron chi connectivity index (χ1n) is 10.1. The first-order chi connectivity index (χ1) is 14.8. The van der Waals surface area contributed by atoms with E-state index in [4.69, 9.17) is 14.2 Å². The Morgan fingerprint density at radius 1 is 0.806 bits per heavy atom. The number of benzene rings is 3. The molecule has 3 aromatic rings. The highest BCUT2D eigenvalue weighted by molar-refractivity contribution is 5.92. The molecule has 5 nitrogen and oxygen atoms in total. The summed E-state index contributed by atoms with van der Waals surface area (Å²) in [6.45, 7) is 5.29. The fourth-order valence-corrected chi connectivity index (χ4v) is 2.92. The zero-order chi connectivity index (χ0) is 22.3. The van der Waals surface area contributed by atoms with E-state index in [-0.39, 0.29) is 13.2 Å². The SMILES string of the molecule is CC(C)(C)OC(=O)COc1cc(C(=O)OCc2ccccc2)cc(-c2ccccc2)c1. The third-order valence-corrected chi connectivity index (χ3v) is 4.24. The second-order valence-corrected chi connectivity index (χ2v) is 8.05. The van der Waals surface area contributed by atoms with Crippen LogP contribution in [0.25, 0.3) is 11.1 Å². The van der Waals surface area contributed by atoms with Gasteiger partial charge in [0, 0.05) is 0 Å². The minimum absolute atomic E-state index is 0.170. The van der Waals surface area contributed by atoms with Gasteiger partial charge in [-0.05, 0) is 55.7 Å². The van der Waals surface area contributed by atoms with Crippen molar-refractivity contribution in [2.45, 2.75) is 33.0 Å². The quantitative estimate of drug-likeness (QED) is 0.479. The highest BCUT2D eigenvalue weighted by atomic mass is 16.6. The molecule has 0 radical (unpaired) electrons. The topological polar surface area (TPSA) is 61.8 Å². The van der Waals surface area contributed by atoms with Crippen molar-refractivity contribution in [2.24, 2.45) is 0 Å². The zero-order valence-electron chi connectivity index (χ0n) is 18.0. The van der Waals surface area contributed by atoms with Gasteiger partial charge in [-0.15, -0.1) is 0 Å². The van der Waals surface area contributed by atoms with E-state index in [2.05, 4.69) is 0 Å². The zero-order valence-corrected chi connectivity index (χ0v) is 18.0. The van der Waals surface area contributed by atoms with E-state index in [1.807, 2.05) is 60.7 Å². The number of esters is 2. The summed E-state index contributed by atoms with van der Waals surface area (Å²) in [7, 11) is 0. The highest BCUT2D eigenvalue weighted by Gasteiger charge is 2.18. The smallest absolute Gasteiger partial charge is 0.344 e. The summed E-state index contributed by atoms with van der Waals surface area (Å²) in [5.74, 6) is -0.562. The Kier molecular flexibility index (Phi) is 7.08. The Hall–Kier alpha value is -3.60. The number of hydrogen-bond donors (Lipinski definition) is 0. The second-order valence-electron chi connectivity index (χ2n) is 8.05. The fraction of sp³-hybridized carbons (Fsp3) is 0.231. The Morgan fingerprint density at radius 3 is 2.10 bits per heavy atom. The average molecular weight is 418 g/mol. The second kappa shape index (κ2) is 9.94. The molecule has 0 aromatic heterocycles. The molecule has 0 heterocycles. The van der Waals surface area contributed by atoms with Gasteiger partial charge in [-0.2, -0.15) is 0 Å². The van der Waals surface area contributed by atoms with Crippen molar-refractivity contribution in [3.8, 4) is 16.9 Å².